The number of carbonyl (C=O) groups is 1. The zero-order chi connectivity index (χ0) is 15.8. The monoisotopic (exact) mass is 327 g/mol. The molecule has 0 bridgehead atoms. The molecule has 0 radical (unpaired) electrons. The Bertz CT molecular complexity index is 758. The van der Waals surface area contributed by atoms with Crippen LogP contribution in [0.2, 0.25) is 0 Å². The van der Waals surface area contributed by atoms with E-state index in [2.05, 4.69) is 27.2 Å². The minimum Gasteiger partial charge on any atom is -0.337 e. The zero-order valence-corrected chi connectivity index (χ0v) is 13.6. The standard InChI is InChI=1S/C16H17N5OS/c1-20-6-8-21(9-7-20)16(22)11-2-3-13-12(10-11)19-14-15(23-13)18-5-4-17-14/h2-5,10H,6-9H2,1H3,(H,17,19). The van der Waals surface area contributed by atoms with Gasteiger partial charge >= 0.3 is 0 Å². The lowest BCUT2D eigenvalue weighted by Gasteiger charge is -2.32. The van der Waals surface area contributed by atoms with E-state index in [1.165, 1.54) is 0 Å². The Morgan fingerprint density at radius 1 is 1.17 bits per heavy atom. The molecule has 0 spiro atoms. The Morgan fingerprint density at radius 3 is 2.78 bits per heavy atom. The van der Waals surface area contributed by atoms with E-state index in [0.717, 1.165) is 47.6 Å². The molecule has 2 aliphatic heterocycles. The van der Waals surface area contributed by atoms with Gasteiger partial charge in [-0.15, -0.1) is 0 Å². The lowest BCUT2D eigenvalue weighted by molar-refractivity contribution is 0.0664. The van der Waals surface area contributed by atoms with Crippen LogP contribution in [0.5, 0.6) is 0 Å². The van der Waals surface area contributed by atoms with Gasteiger partial charge in [0.15, 0.2) is 5.82 Å². The number of hydrogen-bond donors (Lipinski definition) is 1. The third-order valence-electron chi connectivity index (χ3n) is 4.14. The number of carbonyl (C=O) groups excluding carboxylic acids is 1. The first-order valence-electron chi connectivity index (χ1n) is 7.58. The highest BCUT2D eigenvalue weighted by Crippen LogP contribution is 2.42. The number of amides is 1. The normalized spacial score (nSPS) is 17.2. The molecule has 1 amide bonds. The Morgan fingerprint density at radius 2 is 1.96 bits per heavy atom. The summed E-state index contributed by atoms with van der Waals surface area (Å²) >= 11 is 1.57. The van der Waals surface area contributed by atoms with Crippen LogP contribution in [0.25, 0.3) is 0 Å². The van der Waals surface area contributed by atoms with Crippen LogP contribution >= 0.6 is 11.8 Å². The van der Waals surface area contributed by atoms with Gasteiger partial charge in [-0.25, -0.2) is 9.97 Å². The molecule has 0 unspecified atom stereocenters. The Balaban J connectivity index is 1.57. The van der Waals surface area contributed by atoms with E-state index in [1.54, 1.807) is 24.2 Å². The molecule has 1 N–H and O–H groups in total. The summed E-state index contributed by atoms with van der Waals surface area (Å²) in [5.41, 5.74) is 1.64. The molecule has 1 aromatic carbocycles. The van der Waals surface area contributed by atoms with Crippen molar-refractivity contribution in [2.75, 3.05) is 38.5 Å². The molecule has 1 saturated heterocycles. The summed E-state index contributed by atoms with van der Waals surface area (Å²) < 4.78 is 0. The third kappa shape index (κ3) is 2.77. The first kappa shape index (κ1) is 14.5. The number of benzene rings is 1. The SMILES string of the molecule is CN1CCN(C(=O)c2ccc3c(c2)Nc2nccnc2S3)CC1. The van der Waals surface area contributed by atoms with E-state index in [4.69, 9.17) is 0 Å². The summed E-state index contributed by atoms with van der Waals surface area (Å²) in [4.78, 5) is 26.5. The second-order valence-electron chi connectivity index (χ2n) is 5.74. The molecule has 1 fully saturated rings. The maximum absolute atomic E-state index is 12.7. The van der Waals surface area contributed by atoms with Gasteiger partial charge in [-0.05, 0) is 25.2 Å². The van der Waals surface area contributed by atoms with Crippen LogP contribution in [-0.4, -0.2) is 58.9 Å². The van der Waals surface area contributed by atoms with Gasteiger partial charge in [0.1, 0.15) is 5.03 Å². The van der Waals surface area contributed by atoms with Crippen LogP contribution in [0.3, 0.4) is 0 Å². The number of aromatic nitrogens is 2. The van der Waals surface area contributed by atoms with Crippen LogP contribution in [0.15, 0.2) is 40.5 Å². The summed E-state index contributed by atoms with van der Waals surface area (Å²) in [6.45, 7) is 3.41. The molecule has 4 rings (SSSR count). The zero-order valence-electron chi connectivity index (χ0n) is 12.8. The molecule has 0 aliphatic carbocycles. The number of piperazine rings is 1. The van der Waals surface area contributed by atoms with Gasteiger partial charge in [-0.2, -0.15) is 0 Å². The van der Waals surface area contributed by atoms with Crippen molar-refractivity contribution in [2.24, 2.45) is 0 Å². The number of anilines is 2. The molecule has 1 aromatic heterocycles. The fraction of sp³-hybridized carbons (Fsp3) is 0.312. The van der Waals surface area contributed by atoms with Gasteiger partial charge in [0.25, 0.3) is 5.91 Å². The molecule has 2 aliphatic rings. The van der Waals surface area contributed by atoms with Crippen molar-refractivity contribution < 1.29 is 4.79 Å². The molecule has 0 atom stereocenters. The van der Waals surface area contributed by atoms with Crippen LogP contribution in [0.4, 0.5) is 11.5 Å². The average Bonchev–Trinajstić information content (AvgIpc) is 2.59. The smallest absolute Gasteiger partial charge is 0.254 e. The Hall–Kier alpha value is -2.12. The van der Waals surface area contributed by atoms with E-state index in [1.807, 2.05) is 23.1 Å². The molecule has 2 aromatic rings. The highest BCUT2D eigenvalue weighted by molar-refractivity contribution is 7.99. The highest BCUT2D eigenvalue weighted by atomic mass is 32.2. The maximum Gasteiger partial charge on any atom is 0.254 e. The largest absolute Gasteiger partial charge is 0.337 e. The number of hydrogen-bond acceptors (Lipinski definition) is 6. The second kappa shape index (κ2) is 5.82. The van der Waals surface area contributed by atoms with Gasteiger partial charge in [0.05, 0.1) is 5.69 Å². The van der Waals surface area contributed by atoms with Crippen molar-refractivity contribution in [3.8, 4) is 0 Å². The van der Waals surface area contributed by atoms with Crippen molar-refractivity contribution >= 4 is 29.2 Å². The predicted octanol–water partition coefficient (Wildman–Crippen LogP) is 2.07. The summed E-state index contributed by atoms with van der Waals surface area (Å²) in [7, 11) is 2.08. The molecule has 7 heteroatoms. The lowest BCUT2D eigenvalue weighted by atomic mass is 10.1. The van der Waals surface area contributed by atoms with Gasteiger partial charge in [0.2, 0.25) is 0 Å². The van der Waals surface area contributed by atoms with Crippen molar-refractivity contribution in [3.05, 3.63) is 36.2 Å². The minimum atomic E-state index is 0.0950. The van der Waals surface area contributed by atoms with Gasteiger partial charge in [0, 0.05) is 49.0 Å². The number of nitrogens with zero attached hydrogens (tertiary/aromatic N) is 4. The predicted molar refractivity (Wildman–Crippen MR) is 89.3 cm³/mol. The second-order valence-corrected chi connectivity index (χ2v) is 6.77. The topological polar surface area (TPSA) is 61.4 Å². The Labute approximate surface area is 138 Å². The molecule has 0 saturated carbocycles. The number of likely N-dealkylation sites (N-methyl/N-ethyl adjacent to an activating group) is 1. The van der Waals surface area contributed by atoms with E-state index >= 15 is 0 Å². The first-order chi connectivity index (χ1) is 11.2. The third-order valence-corrected chi connectivity index (χ3v) is 5.21. The van der Waals surface area contributed by atoms with Crippen LogP contribution in [0, 0.1) is 0 Å². The maximum atomic E-state index is 12.7. The summed E-state index contributed by atoms with van der Waals surface area (Å²) in [5.74, 6) is 0.840. The van der Waals surface area contributed by atoms with E-state index in [0.29, 0.717) is 5.56 Å². The van der Waals surface area contributed by atoms with Gasteiger partial charge in [-0.1, -0.05) is 11.8 Å². The highest BCUT2D eigenvalue weighted by Gasteiger charge is 2.23. The van der Waals surface area contributed by atoms with Crippen LogP contribution < -0.4 is 5.32 Å². The number of fused-ring (bicyclic) bond motifs is 2. The molecular weight excluding hydrogens is 310 g/mol. The average molecular weight is 327 g/mol. The van der Waals surface area contributed by atoms with Gasteiger partial charge in [-0.3, -0.25) is 4.79 Å². The molecule has 118 valence electrons. The summed E-state index contributed by atoms with van der Waals surface area (Å²) in [5, 5.41) is 4.13. The van der Waals surface area contributed by atoms with Crippen molar-refractivity contribution in [2.45, 2.75) is 9.92 Å². The molecule has 6 nitrogen and oxygen atoms in total. The fourth-order valence-corrected chi connectivity index (χ4v) is 3.64. The molecular formula is C16H17N5OS. The quantitative estimate of drug-likeness (QED) is 0.738. The van der Waals surface area contributed by atoms with Crippen LogP contribution in [-0.2, 0) is 0 Å². The summed E-state index contributed by atoms with van der Waals surface area (Å²) in [6, 6.07) is 5.80. The van der Waals surface area contributed by atoms with Crippen molar-refractivity contribution in [3.63, 3.8) is 0 Å². The molecule has 3 heterocycles. The minimum absolute atomic E-state index is 0.0950. The fourth-order valence-electron chi connectivity index (χ4n) is 2.76. The van der Waals surface area contributed by atoms with Crippen LogP contribution in [0.1, 0.15) is 10.4 Å². The van der Waals surface area contributed by atoms with E-state index < -0.39 is 0 Å². The van der Waals surface area contributed by atoms with E-state index in [9.17, 15) is 4.79 Å². The summed E-state index contributed by atoms with van der Waals surface area (Å²) in [6.07, 6.45) is 3.35. The van der Waals surface area contributed by atoms with E-state index in [-0.39, 0.29) is 5.91 Å². The number of rotatable bonds is 1. The van der Waals surface area contributed by atoms with Gasteiger partial charge < -0.3 is 15.1 Å². The Kier molecular flexibility index (Phi) is 3.66. The number of nitrogens with one attached hydrogen (secondary N) is 1. The lowest BCUT2D eigenvalue weighted by Crippen LogP contribution is -2.47. The molecule has 23 heavy (non-hydrogen) atoms. The van der Waals surface area contributed by atoms with Crippen molar-refractivity contribution in [1.82, 2.24) is 19.8 Å². The van der Waals surface area contributed by atoms with Crippen molar-refractivity contribution in [1.29, 1.82) is 0 Å². The first-order valence-corrected chi connectivity index (χ1v) is 8.40.